The summed E-state index contributed by atoms with van der Waals surface area (Å²) in [6, 6.07) is 0. The van der Waals surface area contributed by atoms with Gasteiger partial charge < -0.3 is 20.4 Å². The van der Waals surface area contributed by atoms with Gasteiger partial charge in [0, 0.05) is 18.8 Å². The summed E-state index contributed by atoms with van der Waals surface area (Å²) >= 11 is 0. The zero-order chi connectivity index (χ0) is 17.2. The van der Waals surface area contributed by atoms with Gasteiger partial charge in [-0.25, -0.2) is 0 Å². The number of rotatable bonds is 10. The Balaban J connectivity index is 2.27. The second-order valence-corrected chi connectivity index (χ2v) is 6.32. The van der Waals surface area contributed by atoms with Crippen molar-refractivity contribution < 1.29 is 25.2 Å². The molecule has 1 rings (SSSR count). The Morgan fingerprint density at radius 3 is 2.61 bits per heavy atom. The lowest BCUT2D eigenvalue weighted by Gasteiger charge is -2.19. The zero-order valence-electron chi connectivity index (χ0n) is 13.8. The normalized spacial score (nSPS) is 29.6. The molecule has 0 heterocycles. The largest absolute Gasteiger partial charge is 0.481 e. The third-order valence-electron chi connectivity index (χ3n) is 4.50. The molecule has 1 aliphatic rings. The lowest BCUT2D eigenvalue weighted by atomic mass is 9.90. The third kappa shape index (κ3) is 7.29. The first-order valence-corrected chi connectivity index (χ1v) is 8.55. The minimum absolute atomic E-state index is 0.0539. The molecule has 5 atom stereocenters. The Kier molecular flexibility index (Phi) is 9.14. The first-order valence-electron chi connectivity index (χ1n) is 8.55. The molecule has 1 aliphatic carbocycles. The van der Waals surface area contributed by atoms with E-state index in [9.17, 15) is 20.1 Å². The van der Waals surface area contributed by atoms with Crippen molar-refractivity contribution in [3.63, 3.8) is 0 Å². The Hall–Kier alpha value is -1.17. The van der Waals surface area contributed by atoms with Crippen molar-refractivity contribution in [1.29, 1.82) is 0 Å². The van der Waals surface area contributed by atoms with Crippen molar-refractivity contribution in [2.45, 2.75) is 70.2 Å². The fourth-order valence-electron chi connectivity index (χ4n) is 3.16. The second-order valence-electron chi connectivity index (χ2n) is 6.32. The number of aliphatic carboxylic acids is 1. The number of carboxylic acids is 1. The number of aliphatic hydroxyl groups excluding tert-OH is 3. The van der Waals surface area contributed by atoms with Crippen LogP contribution < -0.4 is 0 Å². The first-order chi connectivity index (χ1) is 11.0. The minimum Gasteiger partial charge on any atom is -0.481 e. The summed E-state index contributed by atoms with van der Waals surface area (Å²) < 4.78 is 0. The Morgan fingerprint density at radius 1 is 1.22 bits per heavy atom. The van der Waals surface area contributed by atoms with E-state index in [2.05, 4.69) is 0 Å². The van der Waals surface area contributed by atoms with Gasteiger partial charge in [0.25, 0.3) is 0 Å². The van der Waals surface area contributed by atoms with E-state index in [1.54, 1.807) is 6.08 Å². The molecule has 132 valence electrons. The van der Waals surface area contributed by atoms with Crippen LogP contribution in [0.4, 0.5) is 0 Å². The van der Waals surface area contributed by atoms with Crippen LogP contribution in [0.5, 0.6) is 0 Å². The van der Waals surface area contributed by atoms with Gasteiger partial charge in [0.2, 0.25) is 0 Å². The lowest BCUT2D eigenvalue weighted by molar-refractivity contribution is -0.137. The molecule has 0 saturated heterocycles. The van der Waals surface area contributed by atoms with Gasteiger partial charge in [0.15, 0.2) is 0 Å². The van der Waals surface area contributed by atoms with E-state index in [1.165, 1.54) is 0 Å². The number of allylic oxidation sites excluding steroid dienone is 1. The number of carboxylic acid groups (broad SMARTS) is 1. The van der Waals surface area contributed by atoms with E-state index >= 15 is 0 Å². The molecule has 0 aliphatic heterocycles. The van der Waals surface area contributed by atoms with Crippen molar-refractivity contribution in [2.75, 3.05) is 0 Å². The van der Waals surface area contributed by atoms with Crippen LogP contribution in [-0.4, -0.2) is 44.7 Å². The van der Waals surface area contributed by atoms with Gasteiger partial charge in [-0.1, -0.05) is 37.6 Å². The predicted molar refractivity (Wildman–Crippen MR) is 88.9 cm³/mol. The molecule has 0 aromatic rings. The summed E-state index contributed by atoms with van der Waals surface area (Å²) in [5, 5.41) is 38.3. The monoisotopic (exact) mass is 326 g/mol. The van der Waals surface area contributed by atoms with E-state index in [0.717, 1.165) is 19.3 Å². The molecule has 0 aromatic carbocycles. The Bertz CT molecular complexity index is 404. The van der Waals surface area contributed by atoms with Gasteiger partial charge in [-0.05, 0) is 31.6 Å². The van der Waals surface area contributed by atoms with E-state index in [1.807, 2.05) is 25.2 Å². The average Bonchev–Trinajstić information content (AvgIpc) is 2.76. The standard InChI is InChI=1S/C18H30O5/c1-2-14-15(17(21)12-16(14)20)11-10-13(19)8-6-4-3-5-7-9-18(22)23/h4,6,10-11,13-17,19-21H,2-3,5,7-9,12H2,1H3,(H,22,23)/b6-4-,11-10+/t13-,14-,15+,16+,17-/m0/s1. The highest BCUT2D eigenvalue weighted by molar-refractivity contribution is 5.66. The number of unbranched alkanes of at least 4 members (excludes halogenated alkanes) is 2. The van der Waals surface area contributed by atoms with Crippen LogP contribution in [0.3, 0.4) is 0 Å². The molecular weight excluding hydrogens is 296 g/mol. The van der Waals surface area contributed by atoms with Crippen molar-refractivity contribution in [1.82, 2.24) is 0 Å². The smallest absolute Gasteiger partial charge is 0.303 e. The average molecular weight is 326 g/mol. The highest BCUT2D eigenvalue weighted by Gasteiger charge is 2.38. The highest BCUT2D eigenvalue weighted by atomic mass is 16.4. The summed E-state index contributed by atoms with van der Waals surface area (Å²) in [5.74, 6) is -0.804. The lowest BCUT2D eigenvalue weighted by Crippen LogP contribution is -2.20. The maximum absolute atomic E-state index is 10.4. The van der Waals surface area contributed by atoms with Crippen LogP contribution in [0.15, 0.2) is 24.3 Å². The molecule has 0 bridgehead atoms. The van der Waals surface area contributed by atoms with Gasteiger partial charge in [-0.2, -0.15) is 0 Å². The van der Waals surface area contributed by atoms with Crippen LogP contribution >= 0.6 is 0 Å². The van der Waals surface area contributed by atoms with Crippen LogP contribution in [0.2, 0.25) is 0 Å². The summed E-state index contributed by atoms with van der Waals surface area (Å²) in [6.07, 6.45) is 10.0. The van der Waals surface area contributed by atoms with Gasteiger partial charge in [0.05, 0.1) is 18.3 Å². The number of aliphatic hydroxyl groups is 3. The van der Waals surface area contributed by atoms with Gasteiger partial charge >= 0.3 is 5.97 Å². The molecular formula is C18H30O5. The summed E-state index contributed by atoms with van der Waals surface area (Å²) in [6.45, 7) is 2.00. The third-order valence-corrected chi connectivity index (χ3v) is 4.50. The van der Waals surface area contributed by atoms with E-state index in [4.69, 9.17) is 5.11 Å². The van der Waals surface area contributed by atoms with Crippen molar-refractivity contribution in [3.05, 3.63) is 24.3 Å². The maximum atomic E-state index is 10.4. The Morgan fingerprint density at radius 2 is 1.96 bits per heavy atom. The first kappa shape index (κ1) is 19.9. The molecule has 0 amide bonds. The highest BCUT2D eigenvalue weighted by Crippen LogP contribution is 2.35. The van der Waals surface area contributed by atoms with E-state index < -0.39 is 24.3 Å². The van der Waals surface area contributed by atoms with Gasteiger partial charge in [0.1, 0.15) is 0 Å². The molecule has 0 spiro atoms. The van der Waals surface area contributed by atoms with Crippen molar-refractivity contribution in [2.24, 2.45) is 11.8 Å². The van der Waals surface area contributed by atoms with E-state index in [-0.39, 0.29) is 18.3 Å². The minimum atomic E-state index is -0.765. The molecule has 4 N–H and O–H groups in total. The van der Waals surface area contributed by atoms with Gasteiger partial charge in [-0.15, -0.1) is 0 Å². The quantitative estimate of drug-likeness (QED) is 0.365. The molecule has 0 aromatic heterocycles. The summed E-state index contributed by atoms with van der Waals surface area (Å²) in [5.41, 5.74) is 0. The molecule has 0 unspecified atom stereocenters. The SMILES string of the molecule is CC[C@H]1[C@@H](/C=C/[C@@H](O)C/C=C\CCCCC(=O)O)[C@@H](O)C[C@H]1O. The van der Waals surface area contributed by atoms with Crippen molar-refractivity contribution in [3.8, 4) is 0 Å². The van der Waals surface area contributed by atoms with E-state index in [0.29, 0.717) is 19.3 Å². The van der Waals surface area contributed by atoms with Crippen LogP contribution in [0.25, 0.3) is 0 Å². The zero-order valence-corrected chi connectivity index (χ0v) is 13.8. The molecule has 5 nitrogen and oxygen atoms in total. The molecule has 23 heavy (non-hydrogen) atoms. The molecule has 1 saturated carbocycles. The Labute approximate surface area is 138 Å². The fourth-order valence-corrected chi connectivity index (χ4v) is 3.16. The van der Waals surface area contributed by atoms with Crippen LogP contribution in [0.1, 0.15) is 51.9 Å². The van der Waals surface area contributed by atoms with Gasteiger partial charge in [-0.3, -0.25) is 4.79 Å². The number of hydrogen-bond donors (Lipinski definition) is 4. The topological polar surface area (TPSA) is 98.0 Å². The number of carbonyl (C=O) groups is 1. The predicted octanol–water partition coefficient (Wildman–Crippen LogP) is 2.26. The van der Waals surface area contributed by atoms with Crippen LogP contribution in [0, 0.1) is 11.8 Å². The fraction of sp³-hybridized carbons (Fsp3) is 0.722. The summed E-state index contributed by atoms with van der Waals surface area (Å²) in [7, 11) is 0. The second kappa shape index (κ2) is 10.6. The summed E-state index contributed by atoms with van der Waals surface area (Å²) in [4.78, 5) is 10.4. The molecule has 5 heteroatoms. The van der Waals surface area contributed by atoms with Crippen LogP contribution in [-0.2, 0) is 4.79 Å². The molecule has 1 fully saturated rings. The van der Waals surface area contributed by atoms with Crippen molar-refractivity contribution >= 4 is 5.97 Å². The number of hydrogen-bond acceptors (Lipinski definition) is 4. The maximum Gasteiger partial charge on any atom is 0.303 e. The molecule has 0 radical (unpaired) electrons.